The molecule has 0 aliphatic carbocycles. The van der Waals surface area contributed by atoms with Crippen LogP contribution in [0.15, 0.2) is 54.7 Å². The van der Waals surface area contributed by atoms with Gasteiger partial charge >= 0.3 is 0 Å². The smallest absolute Gasteiger partial charge is 0.270 e. The number of nitrogens with one attached hydrogen (secondary N) is 2. The largest absolute Gasteiger partial charge is 0.378 e. The van der Waals surface area contributed by atoms with Gasteiger partial charge in [0.1, 0.15) is 11.5 Å². The number of hydrogen-bond acceptors (Lipinski definition) is 8. The zero-order valence-electron chi connectivity index (χ0n) is 16.8. The van der Waals surface area contributed by atoms with Gasteiger partial charge in [-0.05, 0) is 36.4 Å². The summed E-state index contributed by atoms with van der Waals surface area (Å²) in [4.78, 5) is 27.7. The van der Waals surface area contributed by atoms with Gasteiger partial charge in [-0.2, -0.15) is 10.2 Å². The second-order valence-electron chi connectivity index (χ2n) is 6.86. The fourth-order valence-electron chi connectivity index (χ4n) is 3.08. The zero-order valence-corrected chi connectivity index (χ0v) is 16.8. The fourth-order valence-corrected chi connectivity index (χ4v) is 3.08. The number of nitriles is 1. The van der Waals surface area contributed by atoms with Gasteiger partial charge < -0.3 is 20.3 Å². The van der Waals surface area contributed by atoms with Crippen LogP contribution < -0.4 is 15.5 Å². The van der Waals surface area contributed by atoms with Crippen LogP contribution >= 0.6 is 0 Å². The molecule has 0 unspecified atom stereocenters. The van der Waals surface area contributed by atoms with Crippen LogP contribution in [0.1, 0.15) is 21.7 Å². The number of aromatic nitrogens is 3. The molecule has 1 fully saturated rings. The van der Waals surface area contributed by atoms with Crippen molar-refractivity contribution in [1.29, 1.82) is 5.26 Å². The number of anilines is 3. The highest BCUT2D eigenvalue weighted by Gasteiger charge is 2.16. The van der Waals surface area contributed by atoms with Gasteiger partial charge in [-0.1, -0.05) is 6.07 Å². The van der Waals surface area contributed by atoms with Crippen molar-refractivity contribution >= 4 is 23.4 Å². The minimum Gasteiger partial charge on any atom is -0.378 e. The number of carbonyl (C=O) groups excluding carboxylic acids is 1. The maximum atomic E-state index is 12.4. The van der Waals surface area contributed by atoms with Crippen molar-refractivity contribution in [2.75, 3.05) is 36.5 Å². The molecule has 3 heterocycles. The zero-order chi connectivity index (χ0) is 21.5. The summed E-state index contributed by atoms with van der Waals surface area (Å²) in [7, 11) is 0. The Hall–Kier alpha value is -4.03. The normalized spacial score (nSPS) is 13.3. The van der Waals surface area contributed by atoms with Gasteiger partial charge in [0, 0.05) is 31.0 Å². The van der Waals surface area contributed by atoms with E-state index in [4.69, 9.17) is 10.00 Å². The van der Waals surface area contributed by atoms with Gasteiger partial charge in [-0.25, -0.2) is 4.98 Å². The standard InChI is InChI=1S/C22H21N7O2/c23-14-16-4-6-17(7-5-16)26-20-13-18(15-25-21(30)19-3-1-2-8-24-19)27-22(28-20)29-9-11-31-12-10-29/h1-8,13H,9-12,15H2,(H,25,30)(H,26,27,28). The topological polar surface area (TPSA) is 116 Å². The number of morpholine rings is 1. The highest BCUT2D eigenvalue weighted by Crippen LogP contribution is 2.20. The molecule has 9 heteroatoms. The Kier molecular flexibility index (Phi) is 6.30. The van der Waals surface area contributed by atoms with E-state index >= 15 is 0 Å². The first kappa shape index (κ1) is 20.3. The van der Waals surface area contributed by atoms with Gasteiger partial charge in [-0.3, -0.25) is 9.78 Å². The third kappa shape index (κ3) is 5.32. The molecule has 156 valence electrons. The molecule has 31 heavy (non-hydrogen) atoms. The molecule has 4 rings (SSSR count). The van der Waals surface area contributed by atoms with Gasteiger partial charge in [0.15, 0.2) is 0 Å². The monoisotopic (exact) mass is 415 g/mol. The molecule has 1 aromatic carbocycles. The quantitative estimate of drug-likeness (QED) is 0.630. The highest BCUT2D eigenvalue weighted by molar-refractivity contribution is 5.92. The van der Waals surface area contributed by atoms with Gasteiger partial charge in [0.25, 0.3) is 5.91 Å². The van der Waals surface area contributed by atoms with Crippen LogP contribution in [0.5, 0.6) is 0 Å². The lowest BCUT2D eigenvalue weighted by Gasteiger charge is -2.27. The Bertz CT molecular complexity index is 1080. The van der Waals surface area contributed by atoms with Crippen LogP contribution in [-0.4, -0.2) is 47.2 Å². The van der Waals surface area contributed by atoms with Crippen molar-refractivity contribution in [3.05, 3.63) is 71.7 Å². The summed E-state index contributed by atoms with van der Waals surface area (Å²) in [6.45, 7) is 2.85. The molecule has 2 N–H and O–H groups in total. The van der Waals surface area contributed by atoms with E-state index in [2.05, 4.69) is 36.6 Å². The van der Waals surface area contributed by atoms with Crippen molar-refractivity contribution in [2.45, 2.75) is 6.54 Å². The molecule has 1 amide bonds. The lowest BCUT2D eigenvalue weighted by molar-refractivity contribution is 0.0945. The number of amides is 1. The molecular weight excluding hydrogens is 394 g/mol. The Morgan fingerprint density at radius 3 is 2.65 bits per heavy atom. The molecule has 1 saturated heterocycles. The van der Waals surface area contributed by atoms with Gasteiger partial charge in [0.05, 0.1) is 37.1 Å². The number of hydrogen-bond donors (Lipinski definition) is 2. The first-order valence-corrected chi connectivity index (χ1v) is 9.88. The van der Waals surface area contributed by atoms with Crippen LogP contribution in [0.25, 0.3) is 0 Å². The van der Waals surface area contributed by atoms with Crippen LogP contribution in [0.3, 0.4) is 0 Å². The average molecular weight is 415 g/mol. The predicted octanol–water partition coefficient (Wildman–Crippen LogP) is 2.25. The number of pyridine rings is 1. The average Bonchev–Trinajstić information content (AvgIpc) is 2.84. The Morgan fingerprint density at radius 2 is 1.94 bits per heavy atom. The highest BCUT2D eigenvalue weighted by atomic mass is 16.5. The molecule has 0 radical (unpaired) electrons. The summed E-state index contributed by atoms with van der Waals surface area (Å²) in [5.74, 6) is 0.904. The molecule has 2 aromatic heterocycles. The number of carbonyl (C=O) groups is 1. The van der Waals surface area contributed by atoms with Crippen LogP contribution in [-0.2, 0) is 11.3 Å². The SMILES string of the molecule is N#Cc1ccc(Nc2cc(CNC(=O)c3ccccn3)nc(N3CCOCC3)n2)cc1. The minimum atomic E-state index is -0.270. The van der Waals surface area contributed by atoms with Crippen molar-refractivity contribution in [3.8, 4) is 6.07 Å². The van der Waals surface area contributed by atoms with Gasteiger partial charge in [-0.15, -0.1) is 0 Å². The van der Waals surface area contributed by atoms with Crippen molar-refractivity contribution in [1.82, 2.24) is 20.3 Å². The van der Waals surface area contributed by atoms with E-state index in [9.17, 15) is 4.79 Å². The number of ether oxygens (including phenoxy) is 1. The Morgan fingerprint density at radius 1 is 1.13 bits per heavy atom. The van der Waals surface area contributed by atoms with E-state index in [0.717, 1.165) is 5.69 Å². The summed E-state index contributed by atoms with van der Waals surface area (Å²) < 4.78 is 5.42. The first-order chi connectivity index (χ1) is 15.2. The number of benzene rings is 1. The van der Waals surface area contributed by atoms with E-state index in [1.165, 1.54) is 0 Å². The third-order valence-electron chi connectivity index (χ3n) is 4.68. The molecule has 0 saturated carbocycles. The Balaban J connectivity index is 1.55. The second kappa shape index (κ2) is 9.65. The van der Waals surface area contributed by atoms with Crippen LogP contribution in [0, 0.1) is 11.3 Å². The lowest BCUT2D eigenvalue weighted by atomic mass is 10.2. The minimum absolute atomic E-state index is 0.233. The number of rotatable bonds is 6. The fraction of sp³-hybridized carbons (Fsp3) is 0.227. The van der Waals surface area contributed by atoms with Crippen molar-refractivity contribution < 1.29 is 9.53 Å². The van der Waals surface area contributed by atoms with E-state index < -0.39 is 0 Å². The summed E-state index contributed by atoms with van der Waals surface area (Å²) >= 11 is 0. The summed E-state index contributed by atoms with van der Waals surface area (Å²) in [6, 6.07) is 16.2. The number of nitrogens with zero attached hydrogens (tertiary/aromatic N) is 5. The molecule has 1 aliphatic heterocycles. The van der Waals surface area contributed by atoms with E-state index in [-0.39, 0.29) is 12.5 Å². The summed E-state index contributed by atoms with van der Waals surface area (Å²) in [6.07, 6.45) is 1.58. The first-order valence-electron chi connectivity index (χ1n) is 9.88. The maximum Gasteiger partial charge on any atom is 0.270 e. The molecule has 0 spiro atoms. The second-order valence-corrected chi connectivity index (χ2v) is 6.86. The summed E-state index contributed by atoms with van der Waals surface area (Å²) in [5.41, 5.74) is 2.40. The lowest BCUT2D eigenvalue weighted by Crippen LogP contribution is -2.37. The molecule has 3 aromatic rings. The predicted molar refractivity (Wildman–Crippen MR) is 115 cm³/mol. The van der Waals surface area contributed by atoms with Gasteiger partial charge in [0.2, 0.25) is 5.95 Å². The van der Waals surface area contributed by atoms with Crippen molar-refractivity contribution in [3.63, 3.8) is 0 Å². The van der Waals surface area contributed by atoms with E-state index in [0.29, 0.717) is 55.0 Å². The summed E-state index contributed by atoms with van der Waals surface area (Å²) in [5, 5.41) is 15.1. The molecular formula is C22H21N7O2. The van der Waals surface area contributed by atoms with E-state index in [1.54, 1.807) is 42.6 Å². The van der Waals surface area contributed by atoms with Crippen molar-refractivity contribution in [2.24, 2.45) is 0 Å². The maximum absolute atomic E-state index is 12.4. The van der Waals surface area contributed by atoms with Crippen LogP contribution in [0.4, 0.5) is 17.5 Å². The van der Waals surface area contributed by atoms with E-state index in [1.807, 2.05) is 12.1 Å². The Labute approximate surface area is 179 Å². The third-order valence-corrected chi connectivity index (χ3v) is 4.68. The molecule has 0 atom stereocenters. The molecule has 9 nitrogen and oxygen atoms in total. The van der Waals surface area contributed by atoms with Crippen LogP contribution in [0.2, 0.25) is 0 Å². The molecule has 1 aliphatic rings. The molecule has 0 bridgehead atoms.